The largest absolute Gasteiger partial charge is 1.00 e. The third-order valence-electron chi connectivity index (χ3n) is 15.1. The normalized spacial score (nSPS) is 21.4. The Balaban J connectivity index is 0.000000588. The fourth-order valence-electron chi connectivity index (χ4n) is 11.0. The highest BCUT2D eigenvalue weighted by Gasteiger charge is 2.53. The van der Waals surface area contributed by atoms with Crippen LogP contribution in [0.4, 0.5) is 26.7 Å². The number of carbonyl (C=O) groups is 2. The summed E-state index contributed by atoms with van der Waals surface area (Å²) in [7, 11) is 0. The van der Waals surface area contributed by atoms with E-state index in [1.54, 1.807) is 35.5 Å². The molecule has 2 aromatic heterocycles. The van der Waals surface area contributed by atoms with Crippen molar-refractivity contribution < 1.29 is 72.8 Å². The Bertz CT molecular complexity index is 3120. The number of halogens is 3. The third kappa shape index (κ3) is 33.8. The van der Waals surface area contributed by atoms with Crippen molar-refractivity contribution in [2.75, 3.05) is 72.2 Å². The van der Waals surface area contributed by atoms with Crippen molar-refractivity contribution in [3.63, 3.8) is 0 Å². The van der Waals surface area contributed by atoms with Crippen molar-refractivity contribution in [3.8, 4) is 24.7 Å². The number of hydrogen-bond acceptors (Lipinski definition) is 11. The van der Waals surface area contributed by atoms with Gasteiger partial charge in [0.15, 0.2) is 18.9 Å². The Hall–Kier alpha value is -6.12. The van der Waals surface area contributed by atoms with Gasteiger partial charge in [0.05, 0.1) is 59.5 Å². The number of benzene rings is 3. The molecular weight excluding hydrogens is 1550 g/mol. The predicted molar refractivity (Wildman–Crippen MR) is 416 cm³/mol. The van der Waals surface area contributed by atoms with E-state index < -0.39 is 6.10 Å². The lowest BCUT2D eigenvalue weighted by molar-refractivity contribution is -0.702. The van der Waals surface area contributed by atoms with Crippen molar-refractivity contribution >= 4 is 73.7 Å². The van der Waals surface area contributed by atoms with Crippen LogP contribution in [-0.4, -0.2) is 171 Å². The fourth-order valence-corrected chi connectivity index (χ4v) is 11.0. The molecule has 4 N–H and O–H groups in total. The minimum absolute atomic E-state index is 0. The minimum Gasteiger partial charge on any atom is -1.00 e. The third-order valence-corrected chi connectivity index (χ3v) is 17.2. The summed E-state index contributed by atoms with van der Waals surface area (Å²) in [6.45, 7) is 33.2. The van der Waals surface area contributed by atoms with Crippen LogP contribution >= 0.6 is 38.5 Å². The molecule has 548 valence electrons. The van der Waals surface area contributed by atoms with Gasteiger partial charge in [0.1, 0.15) is 6.61 Å². The maximum absolute atomic E-state index is 13.0. The number of hydrogen-bond donors (Lipinski definition) is 2. The van der Waals surface area contributed by atoms with Crippen molar-refractivity contribution in [1.29, 1.82) is 0 Å². The molecule has 0 spiro atoms. The van der Waals surface area contributed by atoms with Gasteiger partial charge < -0.3 is 63.7 Å². The maximum atomic E-state index is 13.0. The van der Waals surface area contributed by atoms with Crippen LogP contribution in [0.25, 0.3) is 0 Å². The fraction of sp³-hybridized carbons (Fsp3) is 0.487. The highest BCUT2D eigenvalue weighted by Crippen LogP contribution is 2.39. The zero-order valence-corrected chi connectivity index (χ0v) is 66.8. The van der Waals surface area contributed by atoms with Gasteiger partial charge in [-0.05, 0) is 98.9 Å². The van der Waals surface area contributed by atoms with Gasteiger partial charge in [-0.15, -0.1) is 12.8 Å². The van der Waals surface area contributed by atoms with Crippen LogP contribution in [0.5, 0.6) is 0 Å². The molecule has 4 amide bonds. The Morgan fingerprint density at radius 3 is 1.40 bits per heavy atom. The average Bonchev–Trinajstić information content (AvgIpc) is 1.61. The van der Waals surface area contributed by atoms with E-state index in [4.69, 9.17) is 27.1 Å². The van der Waals surface area contributed by atoms with Crippen molar-refractivity contribution in [2.24, 2.45) is 34.6 Å². The molecule has 7 aliphatic rings. The molecule has 4 fully saturated rings. The van der Waals surface area contributed by atoms with Gasteiger partial charge in [-0.25, -0.2) is 19.0 Å². The van der Waals surface area contributed by atoms with E-state index in [1.165, 1.54) is 23.3 Å². The number of alkyl halides is 2. The quantitative estimate of drug-likeness (QED) is 0.0140. The molecule has 4 aliphatic heterocycles. The monoisotopic (exact) mass is 1660 g/mol. The van der Waals surface area contributed by atoms with E-state index in [-0.39, 0.29) is 84.5 Å². The number of aliphatic hydroxyl groups excluding tert-OH is 2. The number of urea groups is 2. The zero-order chi connectivity index (χ0) is 72.2. The summed E-state index contributed by atoms with van der Waals surface area (Å²) in [5, 5.41) is 20.2. The SMILES string of the molecule is C#CCBr.C#CCO[C@@H]1C=CC2[C@H]1N(CC(C)C)C(=O)N2c1ccccc1.C1CCOC1.CC(C)CI.CC(C)CN1C(=O)N(c2ccccc2)C2C=C[C@@H](O)[C@@H]21.CC(C)CN1C2C=C[C@@H](O)[C@@H]21.CC(C)C[n+]1ccccc1.CCOCC.O.O=C=Nc1ccccc1.[I-].c1ccncc1. The molecule has 4 saturated heterocycles. The van der Waals surface area contributed by atoms with E-state index in [1.807, 2.05) is 150 Å². The Labute approximate surface area is 638 Å². The number of para-hydroxylation sites is 3. The molecular formula is C80H113BrI2N8O9. The van der Waals surface area contributed by atoms with Gasteiger partial charge in [-0.1, -0.05) is 223 Å². The molecule has 17 nitrogen and oxygen atoms in total. The number of isocyanates is 1. The second kappa shape index (κ2) is 53.7. The summed E-state index contributed by atoms with van der Waals surface area (Å²) in [5.74, 6) is 7.94. The van der Waals surface area contributed by atoms with Crippen LogP contribution < -0.4 is 38.3 Å². The van der Waals surface area contributed by atoms with Crippen LogP contribution in [0.1, 0.15) is 95.9 Å². The minimum atomic E-state index is -0.573. The topological polar surface area (TPSA) is 196 Å². The second-order valence-electron chi connectivity index (χ2n) is 25.7. The number of aromatic nitrogens is 2. The van der Waals surface area contributed by atoms with Crippen LogP contribution in [0, 0.1) is 54.3 Å². The lowest BCUT2D eigenvalue weighted by atomic mass is 10.1. The highest BCUT2D eigenvalue weighted by molar-refractivity contribution is 14.1. The Morgan fingerprint density at radius 1 is 0.610 bits per heavy atom. The van der Waals surface area contributed by atoms with Gasteiger partial charge in [-0.3, -0.25) is 19.7 Å². The number of fused-ring (bicyclic) bond motifs is 3. The molecule has 0 saturated carbocycles. The van der Waals surface area contributed by atoms with E-state index >= 15 is 0 Å². The van der Waals surface area contributed by atoms with Crippen molar-refractivity contribution in [1.82, 2.24) is 19.7 Å². The molecule has 100 heavy (non-hydrogen) atoms. The highest BCUT2D eigenvalue weighted by atomic mass is 127. The van der Waals surface area contributed by atoms with E-state index in [2.05, 4.69) is 176 Å². The zero-order valence-electron chi connectivity index (χ0n) is 60.9. The molecule has 6 heterocycles. The summed E-state index contributed by atoms with van der Waals surface area (Å²) >= 11 is 5.39. The molecule has 0 radical (unpaired) electrons. The number of amides is 4. The first-order chi connectivity index (χ1) is 47.2. The summed E-state index contributed by atoms with van der Waals surface area (Å²) < 4.78 is 19.0. The van der Waals surface area contributed by atoms with Crippen LogP contribution in [0.2, 0.25) is 0 Å². The van der Waals surface area contributed by atoms with E-state index in [0.717, 1.165) is 62.7 Å². The molecule has 3 aliphatic carbocycles. The van der Waals surface area contributed by atoms with Crippen LogP contribution in [0.15, 0.2) is 194 Å². The number of rotatable bonds is 16. The van der Waals surface area contributed by atoms with Gasteiger partial charge in [0.2, 0.25) is 6.08 Å². The van der Waals surface area contributed by atoms with Gasteiger partial charge in [-0.2, -0.15) is 4.99 Å². The lowest BCUT2D eigenvalue weighted by Crippen LogP contribution is -3.00. The van der Waals surface area contributed by atoms with Crippen LogP contribution in [0.3, 0.4) is 0 Å². The number of ether oxygens (including phenoxy) is 3. The van der Waals surface area contributed by atoms with Gasteiger partial charge in [0, 0.05) is 98.4 Å². The maximum Gasteiger partial charge on any atom is 0.325 e. The van der Waals surface area contributed by atoms with E-state index in [9.17, 15) is 24.6 Å². The standard InChI is InChI=1S/C19H22N2O2.C16H20N2O2.C9H15NO.C9H14N.C7H5NO.C5H5N.C4H9I.C4H8O.C4H10O.C3H3Br.HI.H2O/c1-4-12-23-17-11-10-16-18(17)20(13-14(2)3)19(22)21(16)15-8-6-5-7-9-15;1-11(2)10-17-15-13(8-9-14(15)19)18(16(17)20)12-6-4-3-5-7-12;1-6(2)5-10-7-3-4-8(11)9(7)10;1-9(2)8-10-6-4-3-5-7-10;9-6-8-7-4-2-1-3-5-7;1-2-4-6-5-3-1;1-4(2)3-5;1-2-4-5-3-1;1-3-5-4-2;1-2-3-4;;/h1,5-11,14,16-18H,12-13H2,2-3H3;3-9,11,13-15,19H,10H2,1-2H3;3-4,6-9,11H,5H2,1-2H3;3-7,9H,8H2,1-2H3;1-5H;1-5H;4H,3H2,1-2H3;1-4H2;3-4H2,1-2H3;1H,3H2;1H;1H2/q;;;+1;;;;;;;;/p-1/t16?,17-,18-;13?,14-,15-;7?,8-,9-,10?;;;;;;;;;/m111........./s1. The summed E-state index contributed by atoms with van der Waals surface area (Å²) in [6.07, 6.45) is 32.7. The number of terminal acetylenes is 2. The van der Waals surface area contributed by atoms with Crippen LogP contribution in [-0.2, 0) is 25.5 Å². The van der Waals surface area contributed by atoms with Crippen molar-refractivity contribution in [2.45, 2.75) is 157 Å². The molecule has 0 bridgehead atoms. The predicted octanol–water partition coefficient (Wildman–Crippen LogP) is 11.3. The molecule has 12 rings (SSSR count). The Kier molecular flexibility index (Phi) is 49.3. The first-order valence-corrected chi connectivity index (χ1v) is 37.0. The first kappa shape index (κ1) is 91.9. The molecule has 4 unspecified atom stereocenters. The summed E-state index contributed by atoms with van der Waals surface area (Å²) in [6, 6.07) is 41.1. The number of aliphatic hydroxyl groups is 2. The summed E-state index contributed by atoms with van der Waals surface area (Å²) in [5.41, 5.74) is 2.45. The molecule has 10 atom stereocenters. The second-order valence-corrected chi connectivity index (χ2v) is 27.2. The average molecular weight is 1660 g/mol. The lowest BCUT2D eigenvalue weighted by Gasteiger charge is -2.28. The summed E-state index contributed by atoms with van der Waals surface area (Å²) in [4.78, 5) is 52.3. The molecule has 20 heteroatoms. The van der Waals surface area contributed by atoms with Gasteiger partial charge >= 0.3 is 12.1 Å². The molecule has 3 aromatic carbocycles. The number of pyridine rings is 2. The number of aliphatic imine (C=N–C) groups is 1. The van der Waals surface area contributed by atoms with Crippen molar-refractivity contribution in [3.05, 3.63) is 189 Å². The number of nitrogens with zero attached hydrogens (tertiary/aromatic N) is 8. The number of carbonyl (C=O) groups excluding carboxylic acids is 3. The van der Waals surface area contributed by atoms with Gasteiger partial charge in [0.25, 0.3) is 0 Å². The smallest absolute Gasteiger partial charge is 0.325 e. The first-order valence-electron chi connectivity index (χ1n) is 34.4. The van der Waals surface area contributed by atoms with E-state index in [0.29, 0.717) is 53.9 Å². The molecule has 5 aromatic rings. The Morgan fingerprint density at radius 2 is 1.04 bits per heavy atom. The number of anilines is 2.